The maximum Gasteiger partial charge on any atom is 0.317 e. The second-order valence-corrected chi connectivity index (χ2v) is 9.08. The standard InChI is InChI=1S/C25H30FN5O2S/c1-30(2)11-12-31(25(33)28-10-9-18-3-6-21(26)7-4-18)15-19-5-8-23(29-14-19)24(32)13-20-16-34-17-22(20)27/h3-8,14,16-17H,9-13,15,27H2,1-2H3,(H,28,33). The van der Waals surface area contributed by atoms with Gasteiger partial charge in [-0.1, -0.05) is 18.2 Å². The molecule has 2 aromatic heterocycles. The molecule has 0 spiro atoms. The van der Waals surface area contributed by atoms with Gasteiger partial charge < -0.3 is 20.9 Å². The quantitative estimate of drug-likeness (QED) is 0.407. The Morgan fingerprint density at radius 2 is 1.79 bits per heavy atom. The van der Waals surface area contributed by atoms with Crippen LogP contribution in [-0.4, -0.2) is 60.3 Å². The van der Waals surface area contributed by atoms with Crippen LogP contribution in [0.25, 0.3) is 0 Å². The fraction of sp³-hybridized carbons (Fsp3) is 0.320. The number of urea groups is 1. The van der Waals surface area contributed by atoms with E-state index in [1.165, 1.54) is 23.5 Å². The van der Waals surface area contributed by atoms with Gasteiger partial charge in [0.15, 0.2) is 5.78 Å². The monoisotopic (exact) mass is 483 g/mol. The summed E-state index contributed by atoms with van der Waals surface area (Å²) >= 11 is 1.47. The molecular formula is C25H30FN5O2S. The number of carbonyl (C=O) groups excluding carboxylic acids is 2. The van der Waals surface area contributed by atoms with Crippen molar-refractivity contribution in [3.05, 3.63) is 81.6 Å². The fourth-order valence-electron chi connectivity index (χ4n) is 3.29. The van der Waals surface area contributed by atoms with Gasteiger partial charge in [0, 0.05) is 49.9 Å². The first-order valence-corrected chi connectivity index (χ1v) is 12.0. The number of thiophene rings is 1. The Morgan fingerprint density at radius 1 is 1.06 bits per heavy atom. The Balaban J connectivity index is 1.58. The van der Waals surface area contributed by atoms with Crippen molar-refractivity contribution in [3.8, 4) is 0 Å². The summed E-state index contributed by atoms with van der Waals surface area (Å²) < 4.78 is 13.1. The number of likely N-dealkylation sites (N-methyl/N-ethyl adjacent to an activating group) is 1. The smallest absolute Gasteiger partial charge is 0.317 e. The third-order valence-electron chi connectivity index (χ3n) is 5.32. The number of nitrogens with one attached hydrogen (secondary N) is 1. The zero-order valence-electron chi connectivity index (χ0n) is 19.5. The average molecular weight is 484 g/mol. The summed E-state index contributed by atoms with van der Waals surface area (Å²) in [4.78, 5) is 33.4. The summed E-state index contributed by atoms with van der Waals surface area (Å²) in [6.45, 7) is 2.06. The molecule has 0 saturated heterocycles. The lowest BCUT2D eigenvalue weighted by Gasteiger charge is -2.25. The molecule has 0 radical (unpaired) electrons. The Morgan fingerprint density at radius 3 is 2.41 bits per heavy atom. The van der Waals surface area contributed by atoms with Crippen LogP contribution in [0.2, 0.25) is 0 Å². The highest BCUT2D eigenvalue weighted by atomic mass is 32.1. The van der Waals surface area contributed by atoms with Crippen molar-refractivity contribution in [2.75, 3.05) is 39.5 Å². The van der Waals surface area contributed by atoms with Crippen molar-refractivity contribution in [2.45, 2.75) is 19.4 Å². The largest absolute Gasteiger partial charge is 0.398 e. The van der Waals surface area contributed by atoms with Crippen molar-refractivity contribution in [1.82, 2.24) is 20.1 Å². The van der Waals surface area contributed by atoms with Gasteiger partial charge in [-0.25, -0.2) is 9.18 Å². The van der Waals surface area contributed by atoms with Crippen LogP contribution in [0.15, 0.2) is 53.4 Å². The first kappa shape index (κ1) is 25.3. The number of nitrogen functional groups attached to an aromatic ring is 1. The highest BCUT2D eigenvalue weighted by Crippen LogP contribution is 2.19. The number of benzene rings is 1. The lowest BCUT2D eigenvalue weighted by molar-refractivity contribution is 0.0988. The van der Waals surface area contributed by atoms with Gasteiger partial charge in [-0.3, -0.25) is 9.78 Å². The molecule has 0 aliphatic carbocycles. The maximum atomic E-state index is 13.1. The van der Waals surface area contributed by atoms with E-state index in [1.807, 2.05) is 35.8 Å². The number of nitrogens with zero attached hydrogens (tertiary/aromatic N) is 3. The third kappa shape index (κ3) is 7.64. The molecule has 0 fully saturated rings. The van der Waals surface area contributed by atoms with Crippen LogP contribution in [0.4, 0.5) is 14.9 Å². The van der Waals surface area contributed by atoms with Gasteiger partial charge in [0.2, 0.25) is 0 Å². The van der Waals surface area contributed by atoms with E-state index < -0.39 is 0 Å². The number of Topliss-reactive ketones (excluding diaryl/α,β-unsaturated/α-hetero) is 1. The van der Waals surface area contributed by atoms with E-state index in [-0.39, 0.29) is 24.1 Å². The van der Waals surface area contributed by atoms with Crippen LogP contribution >= 0.6 is 11.3 Å². The van der Waals surface area contributed by atoms with E-state index in [1.54, 1.807) is 29.3 Å². The number of carbonyl (C=O) groups is 2. The van der Waals surface area contributed by atoms with Crippen molar-refractivity contribution in [3.63, 3.8) is 0 Å². The number of halogens is 1. The number of amides is 2. The number of anilines is 1. The van der Waals surface area contributed by atoms with Crippen LogP contribution in [0, 0.1) is 5.82 Å². The highest BCUT2D eigenvalue weighted by Gasteiger charge is 2.16. The molecule has 0 aliphatic heterocycles. The van der Waals surface area contributed by atoms with E-state index in [2.05, 4.69) is 10.3 Å². The topological polar surface area (TPSA) is 91.6 Å². The Hall–Kier alpha value is -3.30. The first-order chi connectivity index (χ1) is 16.3. The molecular weight excluding hydrogens is 453 g/mol. The predicted octanol–water partition coefficient (Wildman–Crippen LogP) is 3.61. The van der Waals surface area contributed by atoms with Gasteiger partial charge in [0.1, 0.15) is 11.5 Å². The van der Waals surface area contributed by atoms with Gasteiger partial charge in [-0.15, -0.1) is 11.3 Å². The van der Waals surface area contributed by atoms with E-state index >= 15 is 0 Å². The second kappa shape index (κ2) is 12.2. The fourth-order valence-corrected chi connectivity index (χ4v) is 4.04. The van der Waals surface area contributed by atoms with Crippen LogP contribution in [0.1, 0.15) is 27.2 Å². The van der Waals surface area contributed by atoms with E-state index in [0.29, 0.717) is 44.0 Å². The summed E-state index contributed by atoms with van der Waals surface area (Å²) in [5.41, 5.74) is 9.47. The highest BCUT2D eigenvalue weighted by molar-refractivity contribution is 7.08. The molecule has 0 atom stereocenters. The van der Waals surface area contributed by atoms with Gasteiger partial charge in [-0.05, 0) is 60.8 Å². The summed E-state index contributed by atoms with van der Waals surface area (Å²) in [6.07, 6.45) is 2.46. The minimum atomic E-state index is -0.278. The van der Waals surface area contributed by atoms with E-state index in [4.69, 9.17) is 5.73 Å². The normalized spacial score (nSPS) is 10.9. The molecule has 2 amide bonds. The molecule has 0 unspecified atom stereocenters. The minimum absolute atomic E-state index is 0.0975. The molecule has 0 aliphatic rings. The second-order valence-electron chi connectivity index (χ2n) is 8.34. The van der Waals surface area contributed by atoms with Gasteiger partial charge in [0.05, 0.1) is 0 Å². The van der Waals surface area contributed by atoms with Crippen LogP contribution in [0.5, 0.6) is 0 Å². The van der Waals surface area contributed by atoms with E-state index in [0.717, 1.165) is 16.7 Å². The summed E-state index contributed by atoms with van der Waals surface area (Å²) in [5, 5.41) is 6.62. The molecule has 3 N–H and O–H groups in total. The lowest BCUT2D eigenvalue weighted by Crippen LogP contribution is -2.43. The average Bonchev–Trinajstić information content (AvgIpc) is 3.22. The number of aromatic nitrogens is 1. The van der Waals surface area contributed by atoms with Gasteiger partial charge in [-0.2, -0.15) is 0 Å². The van der Waals surface area contributed by atoms with Crippen LogP contribution in [-0.2, 0) is 19.4 Å². The molecule has 3 rings (SSSR count). The number of nitrogens with two attached hydrogens (primary N) is 1. The molecule has 0 saturated carbocycles. The summed E-state index contributed by atoms with van der Waals surface area (Å²) in [6, 6.07) is 9.59. The molecule has 7 nitrogen and oxygen atoms in total. The van der Waals surface area contributed by atoms with Gasteiger partial charge in [0.25, 0.3) is 0 Å². The van der Waals surface area contributed by atoms with Crippen LogP contribution < -0.4 is 11.1 Å². The Kier molecular flexibility index (Phi) is 9.12. The number of rotatable bonds is 11. The first-order valence-electron chi connectivity index (χ1n) is 11.0. The maximum absolute atomic E-state index is 13.1. The van der Waals surface area contributed by atoms with E-state index in [9.17, 15) is 14.0 Å². The molecule has 2 heterocycles. The Bertz CT molecular complexity index is 1080. The van der Waals surface area contributed by atoms with Crippen molar-refractivity contribution in [1.29, 1.82) is 0 Å². The number of hydrogen-bond acceptors (Lipinski definition) is 6. The molecule has 34 heavy (non-hydrogen) atoms. The SMILES string of the molecule is CN(C)CCN(Cc1ccc(C(=O)Cc2cscc2N)nc1)C(=O)NCCc1ccc(F)cc1. The zero-order chi connectivity index (χ0) is 24.5. The zero-order valence-corrected chi connectivity index (χ0v) is 20.3. The minimum Gasteiger partial charge on any atom is -0.398 e. The predicted molar refractivity (Wildman–Crippen MR) is 133 cm³/mol. The lowest BCUT2D eigenvalue weighted by atomic mass is 10.1. The number of ketones is 1. The molecule has 180 valence electrons. The summed E-state index contributed by atoms with van der Waals surface area (Å²) in [5.74, 6) is -0.376. The Labute approximate surface area is 203 Å². The molecule has 0 bridgehead atoms. The van der Waals surface area contributed by atoms with Gasteiger partial charge >= 0.3 is 6.03 Å². The summed E-state index contributed by atoms with van der Waals surface area (Å²) in [7, 11) is 3.90. The molecule has 1 aromatic carbocycles. The number of pyridine rings is 1. The van der Waals surface area contributed by atoms with Crippen molar-refractivity contribution >= 4 is 28.8 Å². The van der Waals surface area contributed by atoms with Crippen molar-refractivity contribution < 1.29 is 14.0 Å². The van der Waals surface area contributed by atoms with Crippen molar-refractivity contribution in [2.24, 2.45) is 0 Å². The third-order valence-corrected chi connectivity index (χ3v) is 6.13. The number of hydrogen-bond donors (Lipinski definition) is 2. The van der Waals surface area contributed by atoms with Crippen LogP contribution in [0.3, 0.4) is 0 Å². The molecule has 9 heteroatoms. The molecule has 3 aromatic rings.